The highest BCUT2D eigenvalue weighted by Crippen LogP contribution is 2.15. The first-order valence-electron chi connectivity index (χ1n) is 30.1. The van der Waals surface area contributed by atoms with Crippen molar-refractivity contribution in [3.05, 3.63) is 85.1 Å². The number of unbranched alkanes of at least 4 members (excludes halogenated alkanes) is 29. The lowest BCUT2D eigenvalue weighted by molar-refractivity contribution is -0.167. The molecule has 408 valence electrons. The van der Waals surface area contributed by atoms with Crippen LogP contribution in [0.2, 0.25) is 0 Å². The molecule has 0 aromatic rings. The number of carbonyl (C=O) groups is 3. The molecule has 0 aromatic carbocycles. The highest BCUT2D eigenvalue weighted by molar-refractivity contribution is 5.71. The lowest BCUT2D eigenvalue weighted by Gasteiger charge is -2.18. The van der Waals surface area contributed by atoms with Crippen molar-refractivity contribution >= 4 is 17.9 Å². The van der Waals surface area contributed by atoms with Crippen molar-refractivity contribution < 1.29 is 28.6 Å². The first-order valence-corrected chi connectivity index (χ1v) is 30.1. The predicted molar refractivity (Wildman–Crippen MR) is 307 cm³/mol. The smallest absolute Gasteiger partial charge is 0.306 e. The maximum atomic E-state index is 12.9. The molecule has 71 heavy (non-hydrogen) atoms. The maximum absolute atomic E-state index is 12.9. The minimum atomic E-state index is -0.793. The van der Waals surface area contributed by atoms with Crippen LogP contribution < -0.4 is 0 Å². The van der Waals surface area contributed by atoms with E-state index in [9.17, 15) is 14.4 Å². The second-order valence-electron chi connectivity index (χ2n) is 19.9. The van der Waals surface area contributed by atoms with Crippen molar-refractivity contribution in [1.29, 1.82) is 0 Å². The molecule has 0 aliphatic carbocycles. The Labute approximate surface area is 439 Å². The van der Waals surface area contributed by atoms with Crippen LogP contribution in [0.1, 0.15) is 290 Å². The van der Waals surface area contributed by atoms with E-state index in [2.05, 4.69) is 106 Å². The molecule has 0 rings (SSSR count). The third-order valence-electron chi connectivity index (χ3n) is 12.9. The van der Waals surface area contributed by atoms with E-state index in [1.165, 1.54) is 141 Å². The van der Waals surface area contributed by atoms with Crippen LogP contribution in [0.25, 0.3) is 0 Å². The van der Waals surface area contributed by atoms with Crippen LogP contribution >= 0.6 is 0 Å². The van der Waals surface area contributed by atoms with Gasteiger partial charge in [-0.3, -0.25) is 14.4 Å². The van der Waals surface area contributed by atoms with Crippen LogP contribution in [-0.4, -0.2) is 37.2 Å². The fraction of sp³-hybridized carbons (Fsp3) is 0.738. The van der Waals surface area contributed by atoms with E-state index in [1.807, 2.05) is 0 Å². The molecule has 0 saturated heterocycles. The molecule has 1 atom stereocenters. The summed E-state index contributed by atoms with van der Waals surface area (Å²) in [5, 5.41) is 0. The van der Waals surface area contributed by atoms with Crippen LogP contribution in [-0.2, 0) is 28.6 Å². The molecule has 6 nitrogen and oxygen atoms in total. The Bertz CT molecular complexity index is 1370. The van der Waals surface area contributed by atoms with Crippen LogP contribution in [0.4, 0.5) is 0 Å². The normalized spacial score (nSPS) is 12.7. The summed E-state index contributed by atoms with van der Waals surface area (Å²) >= 11 is 0. The standard InChI is InChI=1S/C65H112O6/c1-4-7-10-13-16-19-22-25-28-31-32-35-37-40-43-46-49-52-55-58-64(67)70-61-62(71-65(68)59-56-53-50-47-44-41-38-34-30-27-24-21-18-15-12-9-6-3)60-69-63(66)57-54-51-48-45-42-39-36-33-29-26-23-20-17-14-11-8-5-2/h8,11,17-18,20-21,25-30,36,39,62H,4-7,9-10,12-16,19,22-24,31-35,37-38,40-61H2,1-3H3/b11-8-,20-17-,21-18-,28-25-,29-26-,30-27-,39-36-/t62-/m1/s1. The number of allylic oxidation sites excluding steroid dienone is 14. The SMILES string of the molecule is CC/C=C\C/C=C\C/C=C\C/C=C\CCCCCCC(=O)OC[C@H](COC(=O)CCCCCCCCCCC/C=C\CCCCCCCC)OC(=O)CCCCCCCCC/C=C\C/C=C\CCCCC. The van der Waals surface area contributed by atoms with Crippen molar-refractivity contribution in [1.82, 2.24) is 0 Å². The summed E-state index contributed by atoms with van der Waals surface area (Å²) < 4.78 is 16.9. The Kier molecular flexibility index (Phi) is 56.3. The number of rotatable bonds is 54. The summed E-state index contributed by atoms with van der Waals surface area (Å²) in [4.78, 5) is 38.2. The second-order valence-corrected chi connectivity index (χ2v) is 19.9. The molecule has 0 saturated carbocycles. The number of esters is 3. The number of carbonyl (C=O) groups excluding carboxylic acids is 3. The lowest BCUT2D eigenvalue weighted by atomic mass is 10.1. The summed E-state index contributed by atoms with van der Waals surface area (Å²) in [6.45, 7) is 6.49. The third-order valence-corrected chi connectivity index (χ3v) is 12.9. The zero-order valence-corrected chi connectivity index (χ0v) is 46.7. The van der Waals surface area contributed by atoms with Gasteiger partial charge in [0.25, 0.3) is 0 Å². The minimum absolute atomic E-state index is 0.0883. The molecule has 0 bridgehead atoms. The van der Waals surface area contributed by atoms with Crippen LogP contribution in [0.15, 0.2) is 85.1 Å². The van der Waals surface area contributed by atoms with Crippen molar-refractivity contribution in [2.24, 2.45) is 0 Å². The first-order chi connectivity index (χ1) is 35.0. The van der Waals surface area contributed by atoms with Gasteiger partial charge in [-0.2, -0.15) is 0 Å². The Morgan fingerprint density at radius 1 is 0.296 bits per heavy atom. The Hall–Kier alpha value is -3.41. The molecule has 0 heterocycles. The first kappa shape index (κ1) is 67.6. The molecular weight excluding hydrogens is 877 g/mol. The average Bonchev–Trinajstić information content (AvgIpc) is 3.37. The molecule has 0 N–H and O–H groups in total. The van der Waals surface area contributed by atoms with Gasteiger partial charge in [-0.25, -0.2) is 0 Å². The van der Waals surface area contributed by atoms with Crippen molar-refractivity contribution in [2.75, 3.05) is 13.2 Å². The summed E-state index contributed by atoms with van der Waals surface area (Å²) in [5.41, 5.74) is 0. The number of hydrogen-bond donors (Lipinski definition) is 0. The lowest BCUT2D eigenvalue weighted by Crippen LogP contribution is -2.30. The van der Waals surface area contributed by atoms with Crippen LogP contribution in [0.5, 0.6) is 0 Å². The van der Waals surface area contributed by atoms with E-state index < -0.39 is 6.10 Å². The van der Waals surface area contributed by atoms with Gasteiger partial charge in [-0.15, -0.1) is 0 Å². The average molecular weight is 990 g/mol. The van der Waals surface area contributed by atoms with E-state index in [4.69, 9.17) is 14.2 Å². The fourth-order valence-electron chi connectivity index (χ4n) is 8.34. The van der Waals surface area contributed by atoms with Gasteiger partial charge in [-0.1, -0.05) is 241 Å². The molecule has 0 spiro atoms. The van der Waals surface area contributed by atoms with Crippen molar-refractivity contribution in [3.63, 3.8) is 0 Å². The summed E-state index contributed by atoms with van der Waals surface area (Å²) in [5.74, 6) is -0.914. The molecule has 0 radical (unpaired) electrons. The van der Waals surface area contributed by atoms with E-state index in [0.717, 1.165) is 109 Å². The zero-order chi connectivity index (χ0) is 51.4. The van der Waals surface area contributed by atoms with Crippen molar-refractivity contribution in [3.8, 4) is 0 Å². The third kappa shape index (κ3) is 57.4. The van der Waals surface area contributed by atoms with E-state index in [-0.39, 0.29) is 31.1 Å². The quantitative estimate of drug-likeness (QED) is 0.0261. The largest absolute Gasteiger partial charge is 0.462 e. The number of ether oxygens (including phenoxy) is 3. The van der Waals surface area contributed by atoms with Gasteiger partial charge in [0, 0.05) is 19.3 Å². The Balaban J connectivity index is 4.43. The van der Waals surface area contributed by atoms with E-state index in [0.29, 0.717) is 19.3 Å². The van der Waals surface area contributed by atoms with Gasteiger partial charge in [0.05, 0.1) is 0 Å². The van der Waals surface area contributed by atoms with Gasteiger partial charge >= 0.3 is 17.9 Å². The fourth-order valence-corrected chi connectivity index (χ4v) is 8.34. The van der Waals surface area contributed by atoms with Gasteiger partial charge in [0.2, 0.25) is 0 Å². The van der Waals surface area contributed by atoms with Crippen LogP contribution in [0.3, 0.4) is 0 Å². The minimum Gasteiger partial charge on any atom is -0.462 e. The molecular formula is C65H112O6. The van der Waals surface area contributed by atoms with Crippen molar-refractivity contribution in [2.45, 2.75) is 297 Å². The molecule has 0 unspecified atom stereocenters. The predicted octanol–water partition coefficient (Wildman–Crippen LogP) is 20.3. The summed E-state index contributed by atoms with van der Waals surface area (Å²) in [7, 11) is 0. The molecule has 0 aromatic heterocycles. The highest BCUT2D eigenvalue weighted by atomic mass is 16.6. The van der Waals surface area contributed by atoms with Gasteiger partial charge in [0.15, 0.2) is 6.10 Å². The number of hydrogen-bond acceptors (Lipinski definition) is 6. The van der Waals surface area contributed by atoms with Gasteiger partial charge < -0.3 is 14.2 Å². The molecule has 0 amide bonds. The van der Waals surface area contributed by atoms with Gasteiger partial charge in [0.1, 0.15) is 13.2 Å². The maximum Gasteiger partial charge on any atom is 0.306 e. The monoisotopic (exact) mass is 989 g/mol. The summed E-state index contributed by atoms with van der Waals surface area (Å²) in [6.07, 6.45) is 77.1. The zero-order valence-electron chi connectivity index (χ0n) is 46.7. The molecule has 0 aliphatic heterocycles. The summed E-state index contributed by atoms with van der Waals surface area (Å²) in [6, 6.07) is 0. The Morgan fingerprint density at radius 2 is 0.549 bits per heavy atom. The second kappa shape index (κ2) is 59.2. The molecule has 0 fully saturated rings. The Morgan fingerprint density at radius 3 is 0.901 bits per heavy atom. The molecule has 6 heteroatoms. The van der Waals surface area contributed by atoms with E-state index >= 15 is 0 Å². The topological polar surface area (TPSA) is 78.9 Å². The van der Waals surface area contributed by atoms with E-state index in [1.54, 1.807) is 0 Å². The van der Waals surface area contributed by atoms with Gasteiger partial charge in [-0.05, 0) is 116 Å². The highest BCUT2D eigenvalue weighted by Gasteiger charge is 2.19. The van der Waals surface area contributed by atoms with Crippen LogP contribution in [0, 0.1) is 0 Å². The molecule has 0 aliphatic rings.